The first-order valence-corrected chi connectivity index (χ1v) is 7.59. The predicted molar refractivity (Wildman–Crippen MR) is 78.4 cm³/mol. The van der Waals surface area contributed by atoms with Gasteiger partial charge in [-0.2, -0.15) is 0 Å². The van der Waals surface area contributed by atoms with Crippen molar-refractivity contribution in [3.05, 3.63) is 0 Å². The number of carboxylic acids is 1. The number of carbonyl (C=O) groups is 1. The fraction of sp³-hybridized carbons (Fsp3) is 0.933. The zero-order valence-corrected chi connectivity index (χ0v) is 13.0. The van der Waals surface area contributed by atoms with Crippen LogP contribution in [-0.4, -0.2) is 59.6 Å². The van der Waals surface area contributed by atoms with Crippen molar-refractivity contribution >= 4 is 5.97 Å². The van der Waals surface area contributed by atoms with E-state index in [0.717, 1.165) is 45.4 Å². The summed E-state index contributed by atoms with van der Waals surface area (Å²) in [6, 6.07) is 0. The van der Waals surface area contributed by atoms with E-state index in [4.69, 9.17) is 0 Å². The molecule has 1 aliphatic rings. The van der Waals surface area contributed by atoms with E-state index in [1.54, 1.807) is 0 Å². The van der Waals surface area contributed by atoms with Gasteiger partial charge in [0, 0.05) is 31.7 Å². The van der Waals surface area contributed by atoms with Crippen molar-refractivity contribution in [1.82, 2.24) is 9.80 Å². The second-order valence-electron chi connectivity index (χ2n) is 6.16. The molecule has 0 spiro atoms. The number of carboxylic acid groups (broad SMARTS) is 1. The summed E-state index contributed by atoms with van der Waals surface area (Å²) in [5, 5.41) is 9.31. The molecule has 0 aromatic carbocycles. The van der Waals surface area contributed by atoms with E-state index in [2.05, 4.69) is 37.6 Å². The summed E-state index contributed by atoms with van der Waals surface area (Å²) in [5.74, 6) is -0.0805. The van der Waals surface area contributed by atoms with E-state index >= 15 is 0 Å². The molecule has 112 valence electrons. The van der Waals surface area contributed by atoms with E-state index in [9.17, 15) is 9.90 Å². The predicted octanol–water partition coefficient (Wildman–Crippen LogP) is 2.29. The van der Waals surface area contributed by atoms with Gasteiger partial charge in [-0.25, -0.2) is 0 Å². The Kier molecular flexibility index (Phi) is 6.27. The fourth-order valence-corrected chi connectivity index (χ4v) is 3.16. The van der Waals surface area contributed by atoms with Crippen molar-refractivity contribution in [2.45, 2.75) is 52.0 Å². The second kappa shape index (κ2) is 7.25. The Labute approximate surface area is 117 Å². The number of piperazine rings is 1. The summed E-state index contributed by atoms with van der Waals surface area (Å²) in [4.78, 5) is 16.1. The highest BCUT2D eigenvalue weighted by molar-refractivity contribution is 5.68. The maximum absolute atomic E-state index is 11.3. The van der Waals surface area contributed by atoms with Crippen molar-refractivity contribution in [2.75, 3.05) is 33.2 Å². The minimum Gasteiger partial charge on any atom is -0.481 e. The highest BCUT2D eigenvalue weighted by Crippen LogP contribution is 2.33. The van der Waals surface area contributed by atoms with Crippen LogP contribution in [0, 0.1) is 5.92 Å². The Bertz CT molecular complexity index is 288. The molecule has 1 aliphatic heterocycles. The van der Waals surface area contributed by atoms with Gasteiger partial charge in [0.05, 0.1) is 6.42 Å². The van der Waals surface area contributed by atoms with Crippen LogP contribution in [0.5, 0.6) is 0 Å². The van der Waals surface area contributed by atoms with Gasteiger partial charge >= 0.3 is 5.97 Å². The first kappa shape index (κ1) is 16.4. The average molecular weight is 270 g/mol. The smallest absolute Gasteiger partial charge is 0.305 e. The van der Waals surface area contributed by atoms with Crippen molar-refractivity contribution in [1.29, 1.82) is 0 Å². The molecule has 2 unspecified atom stereocenters. The number of nitrogens with zero attached hydrogens (tertiary/aromatic N) is 2. The number of rotatable bonds is 7. The van der Waals surface area contributed by atoms with E-state index in [0.29, 0.717) is 5.92 Å². The van der Waals surface area contributed by atoms with Crippen molar-refractivity contribution < 1.29 is 9.90 Å². The Hall–Kier alpha value is -0.610. The monoisotopic (exact) mass is 270 g/mol. The third kappa shape index (κ3) is 4.46. The molecular formula is C15H30N2O2. The fourth-order valence-electron chi connectivity index (χ4n) is 3.16. The highest BCUT2D eigenvalue weighted by atomic mass is 16.4. The van der Waals surface area contributed by atoms with E-state index in [1.807, 2.05) is 0 Å². The first-order chi connectivity index (χ1) is 8.93. The first-order valence-electron chi connectivity index (χ1n) is 7.59. The van der Waals surface area contributed by atoms with Crippen molar-refractivity contribution in [2.24, 2.45) is 5.92 Å². The topological polar surface area (TPSA) is 43.8 Å². The third-order valence-electron chi connectivity index (χ3n) is 4.74. The lowest BCUT2D eigenvalue weighted by Crippen LogP contribution is -2.57. The average Bonchev–Trinajstić information content (AvgIpc) is 2.38. The Morgan fingerprint density at radius 3 is 2.26 bits per heavy atom. The summed E-state index contributed by atoms with van der Waals surface area (Å²) in [6.45, 7) is 10.6. The molecule has 0 aromatic heterocycles. The number of aliphatic carboxylic acids is 1. The van der Waals surface area contributed by atoms with Gasteiger partial charge < -0.3 is 10.0 Å². The van der Waals surface area contributed by atoms with Crippen LogP contribution >= 0.6 is 0 Å². The molecule has 19 heavy (non-hydrogen) atoms. The van der Waals surface area contributed by atoms with E-state index in [1.165, 1.54) is 0 Å². The standard InChI is InChI=1S/C15H30N2O2/c1-5-13(3)11-15(6-2,12-14(18)19)17-9-7-16(4)8-10-17/h13H,5-12H2,1-4H3,(H,18,19). The van der Waals surface area contributed by atoms with Crippen molar-refractivity contribution in [3.8, 4) is 0 Å². The molecule has 0 saturated carbocycles. The van der Waals surface area contributed by atoms with Crippen LogP contribution in [0.4, 0.5) is 0 Å². The van der Waals surface area contributed by atoms with Crippen LogP contribution in [0.2, 0.25) is 0 Å². The van der Waals surface area contributed by atoms with E-state index < -0.39 is 5.97 Å². The molecule has 0 aliphatic carbocycles. The zero-order valence-electron chi connectivity index (χ0n) is 13.0. The molecule has 1 rings (SSSR count). The molecule has 1 saturated heterocycles. The Balaban J connectivity index is 2.84. The van der Waals surface area contributed by atoms with Gasteiger partial charge in [0.15, 0.2) is 0 Å². The molecule has 1 N–H and O–H groups in total. The van der Waals surface area contributed by atoms with Crippen LogP contribution in [0.1, 0.15) is 46.5 Å². The van der Waals surface area contributed by atoms with Crippen LogP contribution in [0.3, 0.4) is 0 Å². The summed E-state index contributed by atoms with van der Waals surface area (Å²) in [7, 11) is 2.14. The summed E-state index contributed by atoms with van der Waals surface area (Å²) >= 11 is 0. The minimum atomic E-state index is -0.663. The molecule has 1 heterocycles. The summed E-state index contributed by atoms with van der Waals surface area (Å²) in [6.07, 6.45) is 3.32. The lowest BCUT2D eigenvalue weighted by atomic mass is 9.80. The van der Waals surface area contributed by atoms with Crippen LogP contribution in [0.25, 0.3) is 0 Å². The van der Waals surface area contributed by atoms with Crippen LogP contribution in [0.15, 0.2) is 0 Å². The van der Waals surface area contributed by atoms with Gasteiger partial charge in [-0.1, -0.05) is 27.2 Å². The van der Waals surface area contributed by atoms with Gasteiger partial charge in [0.25, 0.3) is 0 Å². The van der Waals surface area contributed by atoms with Gasteiger partial charge in [0.2, 0.25) is 0 Å². The molecule has 0 amide bonds. The third-order valence-corrected chi connectivity index (χ3v) is 4.74. The minimum absolute atomic E-state index is 0.150. The molecule has 1 fully saturated rings. The molecule has 4 heteroatoms. The quantitative estimate of drug-likeness (QED) is 0.771. The van der Waals surface area contributed by atoms with Gasteiger partial charge in [-0.3, -0.25) is 9.69 Å². The van der Waals surface area contributed by atoms with Crippen molar-refractivity contribution in [3.63, 3.8) is 0 Å². The zero-order chi connectivity index (χ0) is 14.5. The van der Waals surface area contributed by atoms with Gasteiger partial charge in [-0.05, 0) is 25.8 Å². The normalized spacial score (nSPS) is 22.9. The number of hydrogen-bond acceptors (Lipinski definition) is 3. The second-order valence-corrected chi connectivity index (χ2v) is 6.16. The number of likely N-dealkylation sites (N-methyl/N-ethyl adjacent to an activating group) is 1. The SMILES string of the molecule is CCC(C)CC(CC)(CC(=O)O)N1CCN(C)CC1. The van der Waals surface area contributed by atoms with E-state index in [-0.39, 0.29) is 12.0 Å². The summed E-state index contributed by atoms with van der Waals surface area (Å²) < 4.78 is 0. The van der Waals surface area contributed by atoms with Crippen LogP contribution in [-0.2, 0) is 4.79 Å². The maximum atomic E-state index is 11.3. The maximum Gasteiger partial charge on any atom is 0.305 e. The molecule has 0 radical (unpaired) electrons. The molecule has 2 atom stereocenters. The molecule has 0 aromatic rings. The summed E-state index contributed by atoms with van der Waals surface area (Å²) in [5.41, 5.74) is -0.150. The van der Waals surface area contributed by atoms with Crippen LogP contribution < -0.4 is 0 Å². The Morgan fingerprint density at radius 1 is 1.26 bits per heavy atom. The highest BCUT2D eigenvalue weighted by Gasteiger charge is 2.39. The van der Waals surface area contributed by atoms with Gasteiger partial charge in [-0.15, -0.1) is 0 Å². The molecule has 4 nitrogen and oxygen atoms in total. The van der Waals surface area contributed by atoms with Gasteiger partial charge in [0.1, 0.15) is 0 Å². The lowest BCUT2D eigenvalue weighted by molar-refractivity contribution is -0.141. The molecule has 0 bridgehead atoms. The molecular weight excluding hydrogens is 240 g/mol. The lowest BCUT2D eigenvalue weighted by Gasteiger charge is -2.47. The largest absolute Gasteiger partial charge is 0.481 e. The Morgan fingerprint density at radius 2 is 1.84 bits per heavy atom. The number of hydrogen-bond donors (Lipinski definition) is 1.